The molecular weight excluding hydrogens is 428 g/mol. The van der Waals surface area contributed by atoms with Gasteiger partial charge in [0.2, 0.25) is 5.91 Å². The van der Waals surface area contributed by atoms with Crippen LogP contribution in [0.2, 0.25) is 0 Å². The molecule has 0 radical (unpaired) electrons. The number of carbonyl (C=O) groups is 2. The Labute approximate surface area is 197 Å². The third-order valence-corrected chi connectivity index (χ3v) is 6.24. The first-order valence-electron chi connectivity index (χ1n) is 11.5. The van der Waals surface area contributed by atoms with Crippen molar-refractivity contribution in [1.29, 1.82) is 0 Å². The summed E-state index contributed by atoms with van der Waals surface area (Å²) in [4.78, 5) is 32.9. The van der Waals surface area contributed by atoms with E-state index in [-0.39, 0.29) is 17.7 Å². The number of carbonyl (C=O) groups excluding carboxylic acids is 2. The number of aromatic nitrogens is 2. The average molecular weight is 455 g/mol. The van der Waals surface area contributed by atoms with E-state index in [4.69, 9.17) is 4.74 Å². The van der Waals surface area contributed by atoms with E-state index in [2.05, 4.69) is 20.6 Å². The Bertz CT molecular complexity index is 1320. The molecule has 0 atom stereocenters. The molecular formula is C27H26N4O3. The average Bonchev–Trinajstić information content (AvgIpc) is 3.55. The summed E-state index contributed by atoms with van der Waals surface area (Å²) >= 11 is 0. The molecule has 172 valence electrons. The number of anilines is 2. The summed E-state index contributed by atoms with van der Waals surface area (Å²) in [5, 5.41) is 5.94. The number of ether oxygens (including phenoxy) is 1. The molecule has 3 aromatic carbocycles. The van der Waals surface area contributed by atoms with Crippen molar-refractivity contribution in [3.63, 3.8) is 0 Å². The summed E-state index contributed by atoms with van der Waals surface area (Å²) in [5.41, 5.74) is 4.55. The molecule has 1 saturated carbocycles. The Balaban J connectivity index is 1.28. The molecule has 3 N–H and O–H groups in total. The molecule has 5 rings (SSSR count). The van der Waals surface area contributed by atoms with Crippen molar-refractivity contribution < 1.29 is 14.3 Å². The van der Waals surface area contributed by atoms with Crippen LogP contribution in [0.15, 0.2) is 66.7 Å². The standard InChI is InChI=1S/C27H26N4O3/c1-34-22-13-8-19(9-14-22)27(33)29-21-12-15-23-24(16-21)31-25(30-23)17-6-10-20(11-7-17)28-26(32)18-4-2-3-5-18/h6-16,18H,2-5H2,1H3,(H,28,32)(H,29,33)(H,30,31). The van der Waals surface area contributed by atoms with Gasteiger partial charge in [0.25, 0.3) is 5.91 Å². The van der Waals surface area contributed by atoms with E-state index in [9.17, 15) is 9.59 Å². The third kappa shape index (κ3) is 4.64. The number of nitrogens with one attached hydrogen (secondary N) is 3. The Hall–Kier alpha value is -4.13. The summed E-state index contributed by atoms with van der Waals surface area (Å²) in [6.45, 7) is 0. The summed E-state index contributed by atoms with van der Waals surface area (Å²) < 4.78 is 5.14. The van der Waals surface area contributed by atoms with Crippen molar-refractivity contribution >= 4 is 34.2 Å². The summed E-state index contributed by atoms with van der Waals surface area (Å²) in [6, 6.07) is 20.2. The zero-order chi connectivity index (χ0) is 23.5. The van der Waals surface area contributed by atoms with Crippen LogP contribution in [0.3, 0.4) is 0 Å². The van der Waals surface area contributed by atoms with Gasteiger partial charge >= 0.3 is 0 Å². The Morgan fingerprint density at radius 2 is 1.62 bits per heavy atom. The number of fused-ring (bicyclic) bond motifs is 1. The number of amides is 2. The second kappa shape index (κ2) is 9.39. The highest BCUT2D eigenvalue weighted by molar-refractivity contribution is 6.05. The van der Waals surface area contributed by atoms with Crippen LogP contribution in [0.5, 0.6) is 5.75 Å². The number of imidazole rings is 1. The number of aromatic amines is 1. The van der Waals surface area contributed by atoms with Gasteiger partial charge < -0.3 is 20.4 Å². The topological polar surface area (TPSA) is 96.1 Å². The highest BCUT2D eigenvalue weighted by Gasteiger charge is 2.22. The van der Waals surface area contributed by atoms with E-state index in [0.29, 0.717) is 17.0 Å². The van der Waals surface area contributed by atoms with Crippen molar-refractivity contribution in [3.8, 4) is 17.1 Å². The maximum absolute atomic E-state index is 12.6. The third-order valence-electron chi connectivity index (χ3n) is 6.24. The summed E-state index contributed by atoms with van der Waals surface area (Å²) in [6.07, 6.45) is 4.22. The number of hydrogen-bond donors (Lipinski definition) is 3. The fourth-order valence-corrected chi connectivity index (χ4v) is 4.31. The van der Waals surface area contributed by atoms with Gasteiger partial charge in [-0.3, -0.25) is 9.59 Å². The van der Waals surface area contributed by atoms with E-state index in [1.54, 1.807) is 31.4 Å². The van der Waals surface area contributed by atoms with Gasteiger partial charge in [0.1, 0.15) is 11.6 Å². The Kier molecular flexibility index (Phi) is 5.99. The quantitative estimate of drug-likeness (QED) is 0.352. The molecule has 34 heavy (non-hydrogen) atoms. The Morgan fingerprint density at radius 1 is 0.912 bits per heavy atom. The summed E-state index contributed by atoms with van der Waals surface area (Å²) in [7, 11) is 1.59. The second-order valence-electron chi connectivity index (χ2n) is 8.55. The normalized spacial score (nSPS) is 13.7. The van der Waals surface area contributed by atoms with E-state index in [0.717, 1.165) is 53.8 Å². The SMILES string of the molecule is COc1ccc(C(=O)Nc2ccc3nc(-c4ccc(NC(=O)C5CCCC5)cc4)[nH]c3c2)cc1. The van der Waals surface area contributed by atoms with Crippen LogP contribution in [-0.2, 0) is 4.79 Å². The van der Waals surface area contributed by atoms with Crippen LogP contribution in [0.25, 0.3) is 22.4 Å². The van der Waals surface area contributed by atoms with E-state index < -0.39 is 0 Å². The van der Waals surface area contributed by atoms with Crippen molar-refractivity contribution in [3.05, 3.63) is 72.3 Å². The molecule has 0 aliphatic heterocycles. The number of rotatable bonds is 6. The largest absolute Gasteiger partial charge is 0.497 e. The molecule has 7 heteroatoms. The molecule has 1 heterocycles. The molecule has 0 bridgehead atoms. The van der Waals surface area contributed by atoms with Gasteiger partial charge in [-0.05, 0) is 79.6 Å². The lowest BCUT2D eigenvalue weighted by molar-refractivity contribution is -0.119. The maximum Gasteiger partial charge on any atom is 0.255 e. The lowest BCUT2D eigenvalue weighted by atomic mass is 10.1. The monoisotopic (exact) mass is 454 g/mol. The molecule has 0 unspecified atom stereocenters. The number of methoxy groups -OCH3 is 1. The lowest BCUT2D eigenvalue weighted by Gasteiger charge is -2.10. The van der Waals surface area contributed by atoms with Crippen LogP contribution in [-0.4, -0.2) is 28.9 Å². The van der Waals surface area contributed by atoms with E-state index >= 15 is 0 Å². The predicted molar refractivity (Wildman–Crippen MR) is 133 cm³/mol. The predicted octanol–water partition coefficient (Wildman–Crippen LogP) is 5.62. The fraction of sp³-hybridized carbons (Fsp3) is 0.222. The van der Waals surface area contributed by atoms with Gasteiger partial charge in [-0.15, -0.1) is 0 Å². The number of benzene rings is 3. The number of nitrogens with zero attached hydrogens (tertiary/aromatic N) is 1. The molecule has 7 nitrogen and oxygen atoms in total. The van der Waals surface area contributed by atoms with Gasteiger partial charge in [0.15, 0.2) is 0 Å². The van der Waals surface area contributed by atoms with Crippen molar-refractivity contribution in [1.82, 2.24) is 9.97 Å². The van der Waals surface area contributed by atoms with Crippen molar-refractivity contribution in [2.75, 3.05) is 17.7 Å². The van der Waals surface area contributed by atoms with Gasteiger partial charge in [-0.25, -0.2) is 4.98 Å². The van der Waals surface area contributed by atoms with Gasteiger partial charge in [0, 0.05) is 28.4 Å². The highest BCUT2D eigenvalue weighted by atomic mass is 16.5. The number of H-pyrrole nitrogens is 1. The lowest BCUT2D eigenvalue weighted by Crippen LogP contribution is -2.20. The first-order chi connectivity index (χ1) is 16.6. The molecule has 1 fully saturated rings. The van der Waals surface area contributed by atoms with Crippen LogP contribution in [0, 0.1) is 5.92 Å². The van der Waals surface area contributed by atoms with E-state index in [1.165, 1.54) is 0 Å². The molecule has 2 amide bonds. The fourth-order valence-electron chi connectivity index (χ4n) is 4.31. The van der Waals surface area contributed by atoms with Crippen LogP contribution < -0.4 is 15.4 Å². The molecule has 4 aromatic rings. The zero-order valence-electron chi connectivity index (χ0n) is 18.9. The molecule has 0 saturated heterocycles. The van der Waals surface area contributed by atoms with Gasteiger partial charge in [0.05, 0.1) is 18.1 Å². The van der Waals surface area contributed by atoms with Crippen molar-refractivity contribution in [2.45, 2.75) is 25.7 Å². The van der Waals surface area contributed by atoms with E-state index in [1.807, 2.05) is 42.5 Å². The summed E-state index contributed by atoms with van der Waals surface area (Å²) in [5.74, 6) is 1.47. The maximum atomic E-state index is 12.6. The van der Waals surface area contributed by atoms with Crippen LogP contribution in [0.4, 0.5) is 11.4 Å². The minimum atomic E-state index is -0.197. The molecule has 1 aliphatic rings. The second-order valence-corrected chi connectivity index (χ2v) is 8.55. The zero-order valence-corrected chi connectivity index (χ0v) is 18.9. The minimum Gasteiger partial charge on any atom is -0.497 e. The molecule has 1 aliphatic carbocycles. The van der Waals surface area contributed by atoms with Crippen molar-refractivity contribution in [2.24, 2.45) is 5.92 Å². The highest BCUT2D eigenvalue weighted by Crippen LogP contribution is 2.27. The van der Waals surface area contributed by atoms with Crippen LogP contribution in [0.1, 0.15) is 36.0 Å². The van der Waals surface area contributed by atoms with Gasteiger partial charge in [-0.1, -0.05) is 12.8 Å². The number of hydrogen-bond acceptors (Lipinski definition) is 4. The minimum absolute atomic E-state index is 0.109. The van der Waals surface area contributed by atoms with Gasteiger partial charge in [-0.2, -0.15) is 0 Å². The molecule has 1 aromatic heterocycles. The van der Waals surface area contributed by atoms with Crippen LogP contribution >= 0.6 is 0 Å². The molecule has 0 spiro atoms. The first-order valence-corrected chi connectivity index (χ1v) is 11.5. The Morgan fingerprint density at radius 3 is 2.32 bits per heavy atom. The smallest absolute Gasteiger partial charge is 0.255 e. The first kappa shape index (κ1) is 21.7.